The van der Waals surface area contributed by atoms with Crippen LogP contribution in [-0.2, 0) is 24.8 Å². The average molecular weight is 385 g/mol. The van der Waals surface area contributed by atoms with E-state index in [0.29, 0.717) is 5.75 Å². The summed E-state index contributed by atoms with van der Waals surface area (Å²) < 4.78 is 1.91. The largest absolute Gasteiger partial charge is 0.367 e. The maximum absolute atomic E-state index is 12.1. The van der Waals surface area contributed by atoms with E-state index in [1.54, 1.807) is 6.20 Å². The van der Waals surface area contributed by atoms with Crippen LogP contribution in [0.15, 0.2) is 53.3 Å². The number of anilines is 2. The van der Waals surface area contributed by atoms with Crippen LogP contribution in [0.25, 0.3) is 0 Å². The van der Waals surface area contributed by atoms with Gasteiger partial charge in [-0.25, -0.2) is 4.98 Å². The monoisotopic (exact) mass is 384 g/mol. The Bertz CT molecular complexity index is 900. The molecule has 4 rings (SSSR count). The number of hydrogen-bond acceptors (Lipinski definition) is 5. The Labute approximate surface area is 161 Å². The number of aryl methyl sites for hydroxylation is 1. The van der Waals surface area contributed by atoms with E-state index in [0.717, 1.165) is 30.4 Å². The first-order valence-electron chi connectivity index (χ1n) is 8.49. The van der Waals surface area contributed by atoms with Gasteiger partial charge in [0.25, 0.3) is 0 Å². The number of thioether (sulfide) groups is 1. The lowest BCUT2D eigenvalue weighted by Gasteiger charge is -2.29. The highest BCUT2D eigenvalue weighted by molar-refractivity contribution is 7.99. The number of imidazole rings is 1. The van der Waals surface area contributed by atoms with Gasteiger partial charge in [0.05, 0.1) is 5.75 Å². The second kappa shape index (κ2) is 7.55. The molecule has 0 unspecified atom stereocenters. The van der Waals surface area contributed by atoms with Gasteiger partial charge in [-0.3, -0.25) is 4.79 Å². The molecule has 7 heteroatoms. The number of thiophene rings is 1. The number of rotatable bonds is 5. The third-order valence-corrected chi connectivity index (χ3v) is 6.51. The molecule has 1 amide bonds. The maximum Gasteiger partial charge on any atom is 0.234 e. The number of carbonyl (C=O) groups excluding carboxylic acids is 1. The van der Waals surface area contributed by atoms with Gasteiger partial charge in [-0.15, -0.1) is 11.3 Å². The van der Waals surface area contributed by atoms with Crippen molar-refractivity contribution in [1.29, 1.82) is 0 Å². The van der Waals surface area contributed by atoms with Crippen molar-refractivity contribution in [2.24, 2.45) is 7.05 Å². The Balaban J connectivity index is 1.33. The van der Waals surface area contributed by atoms with Gasteiger partial charge in [-0.05, 0) is 47.7 Å². The van der Waals surface area contributed by atoms with Crippen LogP contribution in [0.4, 0.5) is 11.4 Å². The van der Waals surface area contributed by atoms with Gasteiger partial charge in [0.2, 0.25) is 5.91 Å². The van der Waals surface area contributed by atoms with E-state index in [9.17, 15) is 4.79 Å². The Morgan fingerprint density at radius 1 is 1.31 bits per heavy atom. The zero-order chi connectivity index (χ0) is 17.9. The van der Waals surface area contributed by atoms with Crippen molar-refractivity contribution in [3.8, 4) is 0 Å². The topological polar surface area (TPSA) is 50.2 Å². The highest BCUT2D eigenvalue weighted by Gasteiger charge is 2.17. The van der Waals surface area contributed by atoms with Gasteiger partial charge in [-0.2, -0.15) is 0 Å². The van der Waals surface area contributed by atoms with Crippen LogP contribution in [0.3, 0.4) is 0 Å². The molecule has 2 aromatic heterocycles. The quantitative estimate of drug-likeness (QED) is 0.680. The van der Waals surface area contributed by atoms with Crippen LogP contribution >= 0.6 is 23.1 Å². The fraction of sp³-hybridized carbons (Fsp3) is 0.263. The number of carbonyl (C=O) groups is 1. The SMILES string of the molecule is Cn1ccnc1SCC(=O)Nc1ccc(N2CCc3sccc3C2)cc1. The van der Waals surface area contributed by atoms with Crippen molar-refractivity contribution in [3.63, 3.8) is 0 Å². The Morgan fingerprint density at radius 2 is 2.15 bits per heavy atom. The van der Waals surface area contributed by atoms with Gasteiger partial charge >= 0.3 is 0 Å². The van der Waals surface area contributed by atoms with Crippen molar-refractivity contribution in [3.05, 3.63) is 58.5 Å². The second-order valence-corrected chi connectivity index (χ2v) is 8.19. The maximum atomic E-state index is 12.1. The summed E-state index contributed by atoms with van der Waals surface area (Å²) in [6.07, 6.45) is 4.72. The van der Waals surface area contributed by atoms with E-state index in [4.69, 9.17) is 0 Å². The first-order chi connectivity index (χ1) is 12.7. The van der Waals surface area contributed by atoms with Crippen molar-refractivity contribution < 1.29 is 4.79 Å². The first kappa shape index (κ1) is 17.2. The predicted molar refractivity (Wildman–Crippen MR) is 108 cm³/mol. The van der Waals surface area contributed by atoms with E-state index in [2.05, 4.69) is 38.8 Å². The molecule has 0 spiro atoms. The molecule has 0 fully saturated rings. The third-order valence-electron chi connectivity index (χ3n) is 4.43. The second-order valence-electron chi connectivity index (χ2n) is 6.25. The summed E-state index contributed by atoms with van der Waals surface area (Å²) in [6.45, 7) is 2.00. The minimum atomic E-state index is -0.0216. The summed E-state index contributed by atoms with van der Waals surface area (Å²) >= 11 is 3.29. The normalized spacial score (nSPS) is 13.5. The molecule has 1 aromatic carbocycles. The Hall–Kier alpha value is -2.25. The van der Waals surface area contributed by atoms with Crippen LogP contribution in [0.1, 0.15) is 10.4 Å². The molecule has 5 nitrogen and oxygen atoms in total. The van der Waals surface area contributed by atoms with Crippen molar-refractivity contribution in [2.45, 2.75) is 18.1 Å². The molecular weight excluding hydrogens is 364 g/mol. The van der Waals surface area contributed by atoms with Crippen LogP contribution < -0.4 is 10.2 Å². The van der Waals surface area contributed by atoms with E-state index >= 15 is 0 Å². The molecule has 134 valence electrons. The fourth-order valence-electron chi connectivity index (χ4n) is 3.04. The molecule has 0 aliphatic carbocycles. The summed E-state index contributed by atoms with van der Waals surface area (Å²) in [5, 5.41) is 5.97. The number of nitrogens with zero attached hydrogens (tertiary/aromatic N) is 3. The first-order valence-corrected chi connectivity index (χ1v) is 10.4. The molecule has 0 saturated heterocycles. The smallest absolute Gasteiger partial charge is 0.234 e. The van der Waals surface area contributed by atoms with E-state index in [-0.39, 0.29) is 5.91 Å². The van der Waals surface area contributed by atoms with Crippen LogP contribution in [0, 0.1) is 0 Å². The molecule has 0 radical (unpaired) electrons. The van der Waals surface area contributed by atoms with Gasteiger partial charge in [-0.1, -0.05) is 11.8 Å². The van der Waals surface area contributed by atoms with Gasteiger partial charge < -0.3 is 14.8 Å². The van der Waals surface area contributed by atoms with Crippen LogP contribution in [0.2, 0.25) is 0 Å². The standard InChI is InChI=1S/C19H20N4OS2/c1-22-10-8-20-19(22)26-13-18(24)21-15-2-4-16(5-3-15)23-9-6-17-14(12-23)7-11-25-17/h2-5,7-8,10-11H,6,9,12-13H2,1H3,(H,21,24). The van der Waals surface area contributed by atoms with Gasteiger partial charge in [0, 0.05) is 48.8 Å². The summed E-state index contributed by atoms with van der Waals surface area (Å²) in [5.41, 5.74) is 3.46. The summed E-state index contributed by atoms with van der Waals surface area (Å²) in [7, 11) is 1.92. The number of fused-ring (bicyclic) bond motifs is 1. The van der Waals surface area contributed by atoms with Crippen molar-refractivity contribution >= 4 is 40.4 Å². The van der Waals surface area contributed by atoms with Crippen LogP contribution in [-0.4, -0.2) is 27.8 Å². The molecule has 1 aliphatic rings. The zero-order valence-electron chi connectivity index (χ0n) is 14.5. The average Bonchev–Trinajstić information content (AvgIpc) is 3.28. The fourth-order valence-corrected chi connectivity index (χ4v) is 4.66. The lowest BCUT2D eigenvalue weighted by molar-refractivity contribution is -0.113. The number of nitrogens with one attached hydrogen (secondary N) is 1. The minimum absolute atomic E-state index is 0.0216. The van der Waals surface area contributed by atoms with Crippen molar-refractivity contribution in [2.75, 3.05) is 22.5 Å². The molecule has 26 heavy (non-hydrogen) atoms. The van der Waals surface area contributed by atoms with Crippen LogP contribution in [0.5, 0.6) is 0 Å². The highest BCUT2D eigenvalue weighted by atomic mass is 32.2. The molecular formula is C19H20N4OS2. The summed E-state index contributed by atoms with van der Waals surface area (Å²) in [4.78, 5) is 20.2. The van der Waals surface area contributed by atoms with Gasteiger partial charge in [0.15, 0.2) is 5.16 Å². The predicted octanol–water partition coefficient (Wildman–Crippen LogP) is 3.78. The number of benzene rings is 1. The lowest BCUT2D eigenvalue weighted by atomic mass is 10.1. The molecule has 0 bridgehead atoms. The van der Waals surface area contributed by atoms with E-state index in [1.807, 2.05) is 41.3 Å². The molecule has 3 aromatic rings. The van der Waals surface area contributed by atoms with E-state index in [1.165, 1.54) is 27.9 Å². The highest BCUT2D eigenvalue weighted by Crippen LogP contribution is 2.28. The minimum Gasteiger partial charge on any atom is -0.367 e. The third kappa shape index (κ3) is 3.78. The molecule has 0 saturated carbocycles. The summed E-state index contributed by atoms with van der Waals surface area (Å²) in [5.74, 6) is 0.325. The van der Waals surface area contributed by atoms with Crippen molar-refractivity contribution in [1.82, 2.24) is 9.55 Å². The Kier molecular flexibility index (Phi) is 4.99. The molecule has 1 aliphatic heterocycles. The molecule has 3 heterocycles. The molecule has 1 N–H and O–H groups in total. The number of hydrogen-bond donors (Lipinski definition) is 1. The lowest BCUT2D eigenvalue weighted by Crippen LogP contribution is -2.29. The Morgan fingerprint density at radius 3 is 2.92 bits per heavy atom. The zero-order valence-corrected chi connectivity index (χ0v) is 16.1. The van der Waals surface area contributed by atoms with Gasteiger partial charge in [0.1, 0.15) is 0 Å². The number of amides is 1. The number of aromatic nitrogens is 2. The van der Waals surface area contributed by atoms with E-state index < -0.39 is 0 Å². The summed E-state index contributed by atoms with van der Waals surface area (Å²) in [6, 6.07) is 10.3. The molecule has 0 atom stereocenters.